The number of allylic oxidation sites excluding steroid dienone is 1. The Bertz CT molecular complexity index is 1130. The molecule has 10 heteroatoms. The third-order valence-electron chi connectivity index (χ3n) is 3.56. The zero-order valence-corrected chi connectivity index (χ0v) is 14.7. The molecule has 0 atom stereocenters. The Hall–Kier alpha value is -2.96. The summed E-state index contributed by atoms with van der Waals surface area (Å²) in [5.74, 6) is 0. The van der Waals surface area contributed by atoms with Gasteiger partial charge in [0.1, 0.15) is 11.1 Å². The summed E-state index contributed by atoms with van der Waals surface area (Å²) in [7, 11) is 0. The van der Waals surface area contributed by atoms with Gasteiger partial charge in [-0.25, -0.2) is 4.98 Å². The van der Waals surface area contributed by atoms with Gasteiger partial charge in [-0.15, -0.1) is 11.3 Å². The molecule has 5 nitrogen and oxygen atoms in total. The molecule has 0 aliphatic carbocycles. The Balaban J connectivity index is 2.08. The summed E-state index contributed by atoms with van der Waals surface area (Å²) in [4.78, 5) is 14.4. The van der Waals surface area contributed by atoms with Crippen LogP contribution in [-0.4, -0.2) is 9.91 Å². The van der Waals surface area contributed by atoms with Gasteiger partial charge in [-0.2, -0.15) is 18.4 Å². The molecule has 2 aromatic carbocycles. The van der Waals surface area contributed by atoms with E-state index in [-0.39, 0.29) is 32.4 Å². The number of nitro groups is 1. The van der Waals surface area contributed by atoms with Crippen molar-refractivity contribution < 1.29 is 18.1 Å². The Morgan fingerprint density at radius 1 is 1.30 bits per heavy atom. The summed E-state index contributed by atoms with van der Waals surface area (Å²) in [5.41, 5.74) is -0.668. The van der Waals surface area contributed by atoms with Crippen molar-refractivity contribution in [2.75, 3.05) is 0 Å². The molecule has 0 radical (unpaired) electrons. The average Bonchev–Trinajstić information content (AvgIpc) is 3.03. The van der Waals surface area contributed by atoms with Crippen LogP contribution in [0.15, 0.2) is 36.4 Å². The van der Waals surface area contributed by atoms with E-state index in [9.17, 15) is 28.5 Å². The number of nitro benzene ring substituents is 1. The van der Waals surface area contributed by atoms with Gasteiger partial charge in [0.25, 0.3) is 5.69 Å². The minimum absolute atomic E-state index is 0.0344. The molecule has 0 N–H and O–H groups in total. The van der Waals surface area contributed by atoms with Crippen molar-refractivity contribution in [3.63, 3.8) is 0 Å². The molecule has 27 heavy (non-hydrogen) atoms. The molecule has 1 heterocycles. The van der Waals surface area contributed by atoms with Gasteiger partial charge >= 0.3 is 6.18 Å². The van der Waals surface area contributed by atoms with E-state index < -0.39 is 16.7 Å². The Kier molecular flexibility index (Phi) is 4.87. The molecule has 0 bridgehead atoms. The highest BCUT2D eigenvalue weighted by Crippen LogP contribution is 2.35. The molecule has 0 unspecified atom stereocenters. The Morgan fingerprint density at radius 2 is 2.04 bits per heavy atom. The topological polar surface area (TPSA) is 79.8 Å². The van der Waals surface area contributed by atoms with Gasteiger partial charge in [0.15, 0.2) is 0 Å². The van der Waals surface area contributed by atoms with Crippen LogP contribution in [0, 0.1) is 21.4 Å². The lowest BCUT2D eigenvalue weighted by atomic mass is 10.1. The van der Waals surface area contributed by atoms with Crippen LogP contribution >= 0.6 is 22.9 Å². The van der Waals surface area contributed by atoms with Crippen LogP contribution in [0.1, 0.15) is 16.1 Å². The number of alkyl halides is 3. The lowest BCUT2D eigenvalue weighted by Gasteiger charge is -2.04. The fourth-order valence-corrected chi connectivity index (χ4v) is 3.36. The normalized spacial score (nSPS) is 12.2. The Morgan fingerprint density at radius 3 is 2.67 bits per heavy atom. The third-order valence-corrected chi connectivity index (χ3v) is 4.97. The zero-order valence-electron chi connectivity index (χ0n) is 13.1. The van der Waals surface area contributed by atoms with Gasteiger partial charge in [0.2, 0.25) is 0 Å². The van der Waals surface area contributed by atoms with E-state index in [2.05, 4.69) is 4.98 Å². The summed E-state index contributed by atoms with van der Waals surface area (Å²) in [6.07, 6.45) is -3.18. The van der Waals surface area contributed by atoms with E-state index in [4.69, 9.17) is 11.6 Å². The monoisotopic (exact) mass is 409 g/mol. The minimum Gasteiger partial charge on any atom is -0.258 e. The molecule has 0 fully saturated rings. The number of nitrogens with zero attached hydrogens (tertiary/aromatic N) is 3. The number of aromatic nitrogens is 1. The SMILES string of the molecule is N#C/C(=C\c1cc([N+](=O)[O-])ccc1Cl)c1nc2cc(C(F)(F)F)ccc2s1. The van der Waals surface area contributed by atoms with Crippen LogP contribution in [0.5, 0.6) is 0 Å². The first-order valence-electron chi connectivity index (χ1n) is 7.23. The number of hydrogen-bond donors (Lipinski definition) is 0. The highest BCUT2D eigenvalue weighted by atomic mass is 35.5. The standard InChI is InChI=1S/C17H7ClF3N3O2S/c18-13-3-2-12(24(25)26)6-9(13)5-10(8-22)16-23-14-7-11(17(19,20)21)1-4-15(14)27-16/h1-7H/b10-5+. The molecule has 0 saturated heterocycles. The van der Waals surface area contributed by atoms with Crippen LogP contribution < -0.4 is 0 Å². The van der Waals surface area contributed by atoms with Crippen LogP contribution in [0.2, 0.25) is 5.02 Å². The lowest BCUT2D eigenvalue weighted by molar-refractivity contribution is -0.384. The summed E-state index contributed by atoms with van der Waals surface area (Å²) >= 11 is 7.06. The second-order valence-corrected chi connectivity index (χ2v) is 6.77. The van der Waals surface area contributed by atoms with Crippen LogP contribution in [-0.2, 0) is 6.18 Å². The number of nitriles is 1. The summed E-state index contributed by atoms with van der Waals surface area (Å²) < 4.78 is 38.9. The molecule has 0 spiro atoms. The molecule has 3 rings (SSSR count). The fourth-order valence-electron chi connectivity index (χ4n) is 2.27. The van der Waals surface area contributed by atoms with Gasteiger partial charge in [-0.1, -0.05) is 11.6 Å². The molecular weight excluding hydrogens is 403 g/mol. The molecular formula is C17H7ClF3N3O2S. The van der Waals surface area contributed by atoms with E-state index in [1.807, 2.05) is 6.07 Å². The predicted octanol–water partition coefficient (Wildman–Crippen LogP) is 5.94. The average molecular weight is 410 g/mol. The largest absolute Gasteiger partial charge is 0.416 e. The van der Waals surface area contributed by atoms with E-state index in [1.54, 1.807) is 0 Å². The van der Waals surface area contributed by atoms with Gasteiger partial charge in [0.05, 0.1) is 26.3 Å². The maximum absolute atomic E-state index is 12.8. The zero-order chi connectivity index (χ0) is 19.8. The first kappa shape index (κ1) is 18.8. The molecule has 0 amide bonds. The third kappa shape index (κ3) is 3.92. The van der Waals surface area contributed by atoms with Crippen molar-refractivity contribution in [2.45, 2.75) is 6.18 Å². The van der Waals surface area contributed by atoms with Crippen LogP contribution in [0.3, 0.4) is 0 Å². The summed E-state index contributed by atoms with van der Waals surface area (Å²) in [6.45, 7) is 0. The Labute approximate surface area is 159 Å². The number of non-ortho nitro benzene ring substituents is 1. The minimum atomic E-state index is -4.50. The number of thiazole rings is 1. The quantitative estimate of drug-likeness (QED) is 0.304. The van der Waals surface area contributed by atoms with Crippen molar-refractivity contribution in [3.8, 4) is 6.07 Å². The molecule has 136 valence electrons. The second-order valence-electron chi connectivity index (χ2n) is 5.33. The second kappa shape index (κ2) is 6.98. The maximum atomic E-state index is 12.8. The summed E-state index contributed by atoms with van der Waals surface area (Å²) in [5, 5.41) is 20.7. The van der Waals surface area contributed by atoms with Crippen molar-refractivity contribution in [1.29, 1.82) is 5.26 Å². The van der Waals surface area contributed by atoms with E-state index in [0.717, 1.165) is 23.5 Å². The number of fused-ring (bicyclic) bond motifs is 1. The van der Waals surface area contributed by atoms with E-state index in [0.29, 0.717) is 4.70 Å². The smallest absolute Gasteiger partial charge is 0.258 e. The molecule has 3 aromatic rings. The molecule has 0 aliphatic heterocycles. The number of hydrogen-bond acceptors (Lipinski definition) is 5. The van der Waals surface area contributed by atoms with Crippen molar-refractivity contribution in [3.05, 3.63) is 67.7 Å². The van der Waals surface area contributed by atoms with Gasteiger partial charge in [0, 0.05) is 22.7 Å². The highest BCUT2D eigenvalue weighted by Gasteiger charge is 2.30. The van der Waals surface area contributed by atoms with Crippen molar-refractivity contribution in [1.82, 2.24) is 4.98 Å². The van der Waals surface area contributed by atoms with Gasteiger partial charge in [-0.05, 0) is 30.3 Å². The first-order valence-corrected chi connectivity index (χ1v) is 8.42. The van der Waals surface area contributed by atoms with Gasteiger partial charge < -0.3 is 0 Å². The lowest BCUT2D eigenvalue weighted by Crippen LogP contribution is -2.03. The van der Waals surface area contributed by atoms with Crippen molar-refractivity contribution >= 4 is 50.5 Å². The van der Waals surface area contributed by atoms with Crippen LogP contribution in [0.4, 0.5) is 18.9 Å². The van der Waals surface area contributed by atoms with E-state index >= 15 is 0 Å². The maximum Gasteiger partial charge on any atom is 0.416 e. The van der Waals surface area contributed by atoms with Crippen molar-refractivity contribution in [2.24, 2.45) is 0 Å². The molecule has 0 aliphatic rings. The highest BCUT2D eigenvalue weighted by molar-refractivity contribution is 7.19. The number of benzene rings is 2. The van der Waals surface area contributed by atoms with Gasteiger partial charge in [-0.3, -0.25) is 10.1 Å². The number of halogens is 4. The van der Waals surface area contributed by atoms with E-state index in [1.165, 1.54) is 30.3 Å². The summed E-state index contributed by atoms with van der Waals surface area (Å²) in [6, 6.07) is 8.80. The fraction of sp³-hybridized carbons (Fsp3) is 0.0588. The van der Waals surface area contributed by atoms with Crippen LogP contribution in [0.25, 0.3) is 21.9 Å². The predicted molar refractivity (Wildman–Crippen MR) is 96.2 cm³/mol. The first-order chi connectivity index (χ1) is 12.7. The number of rotatable bonds is 3. The molecule has 1 aromatic heterocycles. The molecule has 0 saturated carbocycles.